The van der Waals surface area contributed by atoms with Crippen molar-refractivity contribution >= 4 is 11.8 Å². The fourth-order valence-electron chi connectivity index (χ4n) is 4.77. The van der Waals surface area contributed by atoms with E-state index >= 15 is 0 Å². The van der Waals surface area contributed by atoms with Gasteiger partial charge in [-0.1, -0.05) is 42.0 Å². The Morgan fingerprint density at radius 2 is 1.77 bits per heavy atom. The van der Waals surface area contributed by atoms with Crippen molar-refractivity contribution < 1.29 is 23.8 Å². The number of benzene rings is 3. The number of fused-ring (bicyclic) bond motifs is 1. The molecule has 0 saturated carbocycles. The number of amides is 2. The highest BCUT2D eigenvalue weighted by atomic mass is 16.7. The average molecular weight is 473 g/mol. The van der Waals surface area contributed by atoms with Crippen LogP contribution in [0.4, 0.5) is 0 Å². The van der Waals surface area contributed by atoms with Crippen LogP contribution in [0.3, 0.4) is 0 Å². The molecule has 2 heterocycles. The number of hydrogen-bond donors (Lipinski definition) is 1. The zero-order valence-electron chi connectivity index (χ0n) is 19.8. The van der Waals surface area contributed by atoms with Gasteiger partial charge in [-0.3, -0.25) is 9.59 Å². The highest BCUT2D eigenvalue weighted by Gasteiger charge is 2.41. The summed E-state index contributed by atoms with van der Waals surface area (Å²) < 4.78 is 16.4. The molecule has 2 amide bonds. The van der Waals surface area contributed by atoms with Crippen molar-refractivity contribution in [2.45, 2.75) is 19.4 Å². The van der Waals surface area contributed by atoms with Crippen LogP contribution in [0, 0.1) is 12.8 Å². The van der Waals surface area contributed by atoms with Gasteiger partial charge in [-0.2, -0.15) is 0 Å². The van der Waals surface area contributed by atoms with Crippen LogP contribution in [-0.2, 0) is 11.3 Å². The van der Waals surface area contributed by atoms with Crippen LogP contribution < -0.4 is 19.5 Å². The maximum atomic E-state index is 13.4. The summed E-state index contributed by atoms with van der Waals surface area (Å²) in [5.41, 5.74) is 3.56. The molecule has 7 nitrogen and oxygen atoms in total. The quantitative estimate of drug-likeness (QED) is 0.589. The number of hydrogen-bond acceptors (Lipinski definition) is 5. The van der Waals surface area contributed by atoms with E-state index < -0.39 is 5.92 Å². The van der Waals surface area contributed by atoms with Crippen LogP contribution in [0.2, 0.25) is 0 Å². The zero-order valence-corrected chi connectivity index (χ0v) is 19.8. The number of likely N-dealkylation sites (tertiary alicyclic amines) is 1. The van der Waals surface area contributed by atoms with E-state index in [0.717, 1.165) is 22.4 Å². The Kier molecular flexibility index (Phi) is 6.31. The monoisotopic (exact) mass is 472 g/mol. The molecule has 180 valence electrons. The van der Waals surface area contributed by atoms with Crippen LogP contribution >= 0.6 is 0 Å². The highest BCUT2D eigenvalue weighted by molar-refractivity contribution is 5.95. The largest absolute Gasteiger partial charge is 0.496 e. The first kappa shape index (κ1) is 22.8. The summed E-state index contributed by atoms with van der Waals surface area (Å²) in [6.07, 6.45) is 0. The molecular formula is C28H28N2O5. The van der Waals surface area contributed by atoms with Gasteiger partial charge < -0.3 is 24.4 Å². The molecule has 7 heteroatoms. The second kappa shape index (κ2) is 9.70. The summed E-state index contributed by atoms with van der Waals surface area (Å²) in [7, 11) is 1.62. The van der Waals surface area contributed by atoms with Gasteiger partial charge in [0.25, 0.3) is 5.91 Å². The molecule has 35 heavy (non-hydrogen) atoms. The third-order valence-corrected chi connectivity index (χ3v) is 6.68. The lowest BCUT2D eigenvalue weighted by atomic mass is 9.87. The van der Waals surface area contributed by atoms with Crippen molar-refractivity contribution in [1.29, 1.82) is 0 Å². The number of carbonyl (C=O) groups excluding carboxylic acids is 2. The number of methoxy groups -OCH3 is 1. The number of carbonyl (C=O) groups is 2. The Morgan fingerprint density at radius 1 is 1.00 bits per heavy atom. The molecule has 2 aliphatic rings. The second-order valence-corrected chi connectivity index (χ2v) is 8.94. The Labute approximate surface area is 204 Å². The van der Waals surface area contributed by atoms with Crippen molar-refractivity contribution in [3.05, 3.63) is 89.0 Å². The van der Waals surface area contributed by atoms with Crippen LogP contribution in [-0.4, -0.2) is 43.7 Å². The molecule has 0 unspecified atom stereocenters. The first-order valence-corrected chi connectivity index (χ1v) is 11.7. The summed E-state index contributed by atoms with van der Waals surface area (Å²) in [6.45, 7) is 3.33. The molecule has 3 aromatic rings. The second-order valence-electron chi connectivity index (χ2n) is 8.94. The van der Waals surface area contributed by atoms with Gasteiger partial charge in [-0.05, 0) is 48.4 Å². The van der Waals surface area contributed by atoms with E-state index in [2.05, 4.69) is 5.32 Å². The standard InChI is InChI=1S/C28H28N2O5/c1-18-7-10-20(11-8-18)28(32)30-15-22(21-5-3-4-6-24(21)33-2)23(16-30)27(31)29-14-19-9-12-25-26(13-19)35-17-34-25/h3-13,22-23H,14-17H2,1-2H3,(H,29,31)/t22-,23+/m0/s1. The van der Waals surface area contributed by atoms with Crippen molar-refractivity contribution in [1.82, 2.24) is 10.2 Å². The number of nitrogens with zero attached hydrogens (tertiary/aromatic N) is 1. The van der Waals surface area contributed by atoms with Crippen LogP contribution in [0.1, 0.15) is 33.0 Å². The summed E-state index contributed by atoms with van der Waals surface area (Å²) in [5, 5.41) is 3.06. The topological polar surface area (TPSA) is 77.1 Å². The molecule has 1 N–H and O–H groups in total. The van der Waals surface area contributed by atoms with Gasteiger partial charge in [0.15, 0.2) is 11.5 Å². The maximum absolute atomic E-state index is 13.4. The zero-order chi connectivity index (χ0) is 24.4. The first-order valence-electron chi connectivity index (χ1n) is 11.7. The number of nitrogens with one attached hydrogen (secondary N) is 1. The van der Waals surface area contributed by atoms with E-state index in [1.807, 2.05) is 73.7 Å². The SMILES string of the molecule is COc1ccccc1[C@@H]1CN(C(=O)c2ccc(C)cc2)C[C@H]1C(=O)NCc1ccc2c(c1)OCO2. The fraction of sp³-hybridized carbons (Fsp3) is 0.286. The molecule has 2 atom stereocenters. The highest BCUT2D eigenvalue weighted by Crippen LogP contribution is 2.38. The molecule has 0 aliphatic carbocycles. The van der Waals surface area contributed by atoms with Crippen LogP contribution in [0.15, 0.2) is 66.7 Å². The lowest BCUT2D eigenvalue weighted by molar-refractivity contribution is -0.125. The van der Waals surface area contributed by atoms with Gasteiger partial charge in [0.1, 0.15) is 5.75 Å². The van der Waals surface area contributed by atoms with Crippen molar-refractivity contribution in [2.75, 3.05) is 27.0 Å². The molecule has 0 bridgehead atoms. The Balaban J connectivity index is 1.36. The third kappa shape index (κ3) is 4.67. The first-order chi connectivity index (χ1) is 17.0. The van der Waals surface area contributed by atoms with Crippen molar-refractivity contribution in [3.8, 4) is 17.2 Å². The van der Waals surface area contributed by atoms with E-state index in [1.165, 1.54) is 0 Å². The van der Waals surface area contributed by atoms with E-state index in [4.69, 9.17) is 14.2 Å². The molecule has 0 spiro atoms. The Morgan fingerprint density at radius 3 is 2.57 bits per heavy atom. The van der Waals surface area contributed by atoms with Gasteiger partial charge >= 0.3 is 0 Å². The summed E-state index contributed by atoms with van der Waals surface area (Å²) in [5.74, 6) is 1.34. The van der Waals surface area contributed by atoms with Crippen LogP contribution in [0.25, 0.3) is 0 Å². The van der Waals surface area contributed by atoms with Gasteiger partial charge in [-0.15, -0.1) is 0 Å². The van der Waals surface area contributed by atoms with E-state index in [0.29, 0.717) is 36.7 Å². The lowest BCUT2D eigenvalue weighted by Gasteiger charge is -2.20. The van der Waals surface area contributed by atoms with Gasteiger partial charge in [0.05, 0.1) is 13.0 Å². The predicted molar refractivity (Wildman–Crippen MR) is 131 cm³/mol. The molecule has 5 rings (SSSR count). The van der Waals surface area contributed by atoms with E-state index in [9.17, 15) is 9.59 Å². The predicted octanol–water partition coefficient (Wildman–Crippen LogP) is 3.90. The molecular weight excluding hydrogens is 444 g/mol. The molecule has 1 saturated heterocycles. The summed E-state index contributed by atoms with van der Waals surface area (Å²) in [6, 6.07) is 20.9. The van der Waals surface area contributed by atoms with Gasteiger partial charge in [-0.25, -0.2) is 0 Å². The molecule has 1 fully saturated rings. The molecule has 0 radical (unpaired) electrons. The minimum absolute atomic E-state index is 0.0732. The summed E-state index contributed by atoms with van der Waals surface area (Å²) >= 11 is 0. The van der Waals surface area contributed by atoms with E-state index in [-0.39, 0.29) is 24.5 Å². The minimum atomic E-state index is -0.408. The number of para-hydroxylation sites is 1. The fourth-order valence-corrected chi connectivity index (χ4v) is 4.77. The molecule has 0 aromatic heterocycles. The van der Waals surface area contributed by atoms with Gasteiger partial charge in [0, 0.05) is 31.1 Å². The Bertz CT molecular complexity index is 1240. The normalized spacial score (nSPS) is 18.4. The van der Waals surface area contributed by atoms with Crippen molar-refractivity contribution in [3.63, 3.8) is 0 Å². The van der Waals surface area contributed by atoms with Crippen LogP contribution in [0.5, 0.6) is 17.2 Å². The smallest absolute Gasteiger partial charge is 0.253 e. The molecule has 2 aliphatic heterocycles. The maximum Gasteiger partial charge on any atom is 0.253 e. The summed E-state index contributed by atoms with van der Waals surface area (Å²) in [4.78, 5) is 28.5. The minimum Gasteiger partial charge on any atom is -0.496 e. The number of ether oxygens (including phenoxy) is 3. The van der Waals surface area contributed by atoms with E-state index in [1.54, 1.807) is 12.0 Å². The van der Waals surface area contributed by atoms with Crippen molar-refractivity contribution in [2.24, 2.45) is 5.92 Å². The number of rotatable bonds is 6. The Hall–Kier alpha value is -4.00. The lowest BCUT2D eigenvalue weighted by Crippen LogP contribution is -2.35. The third-order valence-electron chi connectivity index (χ3n) is 6.68. The number of aryl methyl sites for hydroxylation is 1. The molecule has 3 aromatic carbocycles. The average Bonchev–Trinajstić information content (AvgIpc) is 3.54. The van der Waals surface area contributed by atoms with Gasteiger partial charge in [0.2, 0.25) is 12.7 Å².